The number of rotatable bonds is 12. The second kappa shape index (κ2) is 11.5. The van der Waals surface area contributed by atoms with Gasteiger partial charge in [-0.1, -0.05) is 17.7 Å². The highest BCUT2D eigenvalue weighted by Gasteiger charge is 2.18. The monoisotopic (exact) mass is 441 g/mol. The number of hydrogen-bond donors (Lipinski definition) is 1. The molecule has 1 heterocycles. The Morgan fingerprint density at radius 2 is 1.62 bits per heavy atom. The largest absolute Gasteiger partial charge is 0.493 e. The van der Waals surface area contributed by atoms with E-state index in [1.54, 1.807) is 27.6 Å². The van der Waals surface area contributed by atoms with Gasteiger partial charge in [-0.25, -0.2) is 0 Å². The first kappa shape index (κ1) is 23.5. The van der Waals surface area contributed by atoms with Crippen LogP contribution in [0.3, 0.4) is 0 Å². The van der Waals surface area contributed by atoms with Crippen LogP contribution in [0.2, 0.25) is 0 Å². The molecule has 7 nitrogen and oxygen atoms in total. The van der Waals surface area contributed by atoms with Gasteiger partial charge in [0.25, 0.3) is 0 Å². The summed E-state index contributed by atoms with van der Waals surface area (Å²) >= 11 is 0. The molecule has 32 heavy (non-hydrogen) atoms. The van der Waals surface area contributed by atoms with Gasteiger partial charge < -0.3 is 28.5 Å². The highest BCUT2D eigenvalue weighted by Crippen LogP contribution is 2.38. The van der Waals surface area contributed by atoms with Gasteiger partial charge in [0, 0.05) is 13.1 Å². The van der Waals surface area contributed by atoms with Crippen LogP contribution < -0.4 is 18.9 Å². The van der Waals surface area contributed by atoms with Gasteiger partial charge in [-0.05, 0) is 48.9 Å². The summed E-state index contributed by atoms with van der Waals surface area (Å²) in [6.45, 7) is 3.68. The van der Waals surface area contributed by atoms with Crippen LogP contribution in [0.1, 0.15) is 16.9 Å². The van der Waals surface area contributed by atoms with Gasteiger partial charge in [0.05, 0.1) is 34.1 Å². The standard InChI is InChI=1S/C25H31NO6/c1-18-7-9-21(10-8-18)32-17-20(27)15-26(16-22-6-5-11-31-22)14-19-12-23(28-2)25(30-4)24(13-19)29-3/h5-13,20,27H,14-17H2,1-4H3. The van der Waals surface area contributed by atoms with Crippen LogP contribution in [-0.2, 0) is 13.1 Å². The van der Waals surface area contributed by atoms with Crippen LogP contribution in [0.15, 0.2) is 59.2 Å². The molecule has 3 rings (SSSR count). The predicted octanol–water partition coefficient (Wildman–Crippen LogP) is 4.06. The van der Waals surface area contributed by atoms with E-state index in [0.29, 0.717) is 36.9 Å². The Kier molecular flexibility index (Phi) is 8.41. The summed E-state index contributed by atoms with van der Waals surface area (Å²) in [6.07, 6.45) is 0.956. The van der Waals surface area contributed by atoms with Gasteiger partial charge in [-0.2, -0.15) is 0 Å². The Morgan fingerprint density at radius 3 is 2.19 bits per heavy atom. The first-order chi connectivity index (χ1) is 15.5. The fraction of sp³-hybridized carbons (Fsp3) is 0.360. The summed E-state index contributed by atoms with van der Waals surface area (Å²) in [5.41, 5.74) is 2.12. The molecule has 3 aromatic rings. The Hall–Kier alpha value is -3.16. The third-order valence-electron chi connectivity index (χ3n) is 5.02. The number of aliphatic hydroxyl groups is 1. The smallest absolute Gasteiger partial charge is 0.203 e. The normalized spacial score (nSPS) is 11.9. The van der Waals surface area contributed by atoms with Crippen molar-refractivity contribution >= 4 is 0 Å². The molecule has 2 aromatic carbocycles. The van der Waals surface area contributed by atoms with E-state index in [1.807, 2.05) is 55.5 Å². The molecule has 0 amide bonds. The SMILES string of the molecule is COc1cc(CN(Cc2ccco2)CC(O)COc2ccc(C)cc2)cc(OC)c1OC. The van der Waals surface area contributed by atoms with Gasteiger partial charge in [0.15, 0.2) is 11.5 Å². The second-order valence-electron chi connectivity index (χ2n) is 7.56. The Bertz CT molecular complexity index is 930. The van der Waals surface area contributed by atoms with Crippen LogP contribution in [0, 0.1) is 6.92 Å². The number of furan rings is 1. The Balaban J connectivity index is 1.72. The molecule has 0 aliphatic heterocycles. The van der Waals surface area contributed by atoms with Crippen molar-refractivity contribution in [3.05, 3.63) is 71.7 Å². The van der Waals surface area contributed by atoms with E-state index in [2.05, 4.69) is 4.90 Å². The molecule has 0 bridgehead atoms. The summed E-state index contributed by atoms with van der Waals surface area (Å²) in [5.74, 6) is 3.26. The lowest BCUT2D eigenvalue weighted by molar-refractivity contribution is 0.0604. The van der Waals surface area contributed by atoms with Crippen molar-refractivity contribution in [2.45, 2.75) is 26.1 Å². The molecule has 0 radical (unpaired) electrons. The van der Waals surface area contributed by atoms with Crippen molar-refractivity contribution in [2.75, 3.05) is 34.5 Å². The zero-order chi connectivity index (χ0) is 22.9. The summed E-state index contributed by atoms with van der Waals surface area (Å²) in [4.78, 5) is 2.09. The van der Waals surface area contributed by atoms with Crippen molar-refractivity contribution in [2.24, 2.45) is 0 Å². The van der Waals surface area contributed by atoms with E-state index in [-0.39, 0.29) is 6.61 Å². The van der Waals surface area contributed by atoms with Crippen LogP contribution in [0.5, 0.6) is 23.0 Å². The average Bonchev–Trinajstić information content (AvgIpc) is 3.31. The molecule has 0 aliphatic carbocycles. The number of benzene rings is 2. The lowest BCUT2D eigenvalue weighted by Gasteiger charge is -2.25. The van der Waals surface area contributed by atoms with Crippen LogP contribution in [-0.4, -0.2) is 50.6 Å². The molecule has 0 aliphatic rings. The van der Waals surface area contributed by atoms with Crippen LogP contribution in [0.4, 0.5) is 0 Å². The van der Waals surface area contributed by atoms with Crippen molar-refractivity contribution in [1.29, 1.82) is 0 Å². The van der Waals surface area contributed by atoms with Gasteiger partial charge >= 0.3 is 0 Å². The fourth-order valence-electron chi connectivity index (χ4n) is 3.47. The molecule has 0 saturated heterocycles. The zero-order valence-electron chi connectivity index (χ0n) is 19.0. The summed E-state index contributed by atoms with van der Waals surface area (Å²) in [6, 6.07) is 15.3. The zero-order valence-corrected chi connectivity index (χ0v) is 19.0. The van der Waals surface area contributed by atoms with Crippen molar-refractivity contribution < 1.29 is 28.5 Å². The minimum atomic E-state index is -0.687. The number of nitrogens with zero attached hydrogens (tertiary/aromatic N) is 1. The number of hydrogen-bond acceptors (Lipinski definition) is 7. The van der Waals surface area contributed by atoms with E-state index in [1.165, 1.54) is 0 Å². The lowest BCUT2D eigenvalue weighted by atomic mass is 10.1. The molecule has 0 spiro atoms. The maximum atomic E-state index is 10.7. The highest BCUT2D eigenvalue weighted by molar-refractivity contribution is 5.53. The van der Waals surface area contributed by atoms with E-state index in [4.69, 9.17) is 23.4 Å². The third kappa shape index (κ3) is 6.42. The lowest BCUT2D eigenvalue weighted by Crippen LogP contribution is -2.35. The topological polar surface area (TPSA) is 73.5 Å². The van der Waals surface area contributed by atoms with E-state index < -0.39 is 6.10 Å². The van der Waals surface area contributed by atoms with Gasteiger partial charge in [0.2, 0.25) is 5.75 Å². The highest BCUT2D eigenvalue weighted by atomic mass is 16.5. The molecule has 0 saturated carbocycles. The van der Waals surface area contributed by atoms with Crippen molar-refractivity contribution in [3.63, 3.8) is 0 Å². The number of aryl methyl sites for hydroxylation is 1. The summed E-state index contributed by atoms with van der Waals surface area (Å²) in [7, 11) is 4.76. The first-order valence-corrected chi connectivity index (χ1v) is 10.4. The number of aliphatic hydroxyl groups excluding tert-OH is 1. The van der Waals surface area contributed by atoms with E-state index in [9.17, 15) is 5.11 Å². The summed E-state index contributed by atoms with van der Waals surface area (Å²) in [5, 5.41) is 10.7. The Morgan fingerprint density at radius 1 is 0.938 bits per heavy atom. The minimum absolute atomic E-state index is 0.187. The first-order valence-electron chi connectivity index (χ1n) is 10.4. The quantitative estimate of drug-likeness (QED) is 0.454. The third-order valence-corrected chi connectivity index (χ3v) is 5.02. The molecule has 172 valence electrons. The predicted molar refractivity (Wildman–Crippen MR) is 122 cm³/mol. The van der Waals surface area contributed by atoms with Gasteiger partial charge in [-0.3, -0.25) is 4.90 Å². The molecule has 0 fully saturated rings. The molecular formula is C25H31NO6. The second-order valence-corrected chi connectivity index (χ2v) is 7.56. The molecule has 1 N–H and O–H groups in total. The van der Waals surface area contributed by atoms with Crippen LogP contribution >= 0.6 is 0 Å². The summed E-state index contributed by atoms with van der Waals surface area (Å²) < 4.78 is 27.6. The minimum Gasteiger partial charge on any atom is -0.493 e. The average molecular weight is 442 g/mol. The molecule has 1 aromatic heterocycles. The Labute approximate surface area is 189 Å². The number of ether oxygens (including phenoxy) is 4. The molecule has 1 atom stereocenters. The molecular weight excluding hydrogens is 410 g/mol. The van der Waals surface area contributed by atoms with Gasteiger partial charge in [0.1, 0.15) is 24.2 Å². The van der Waals surface area contributed by atoms with Crippen LogP contribution in [0.25, 0.3) is 0 Å². The molecule has 7 heteroatoms. The maximum absolute atomic E-state index is 10.7. The van der Waals surface area contributed by atoms with Gasteiger partial charge in [-0.15, -0.1) is 0 Å². The number of methoxy groups -OCH3 is 3. The van der Waals surface area contributed by atoms with Crippen molar-refractivity contribution in [3.8, 4) is 23.0 Å². The van der Waals surface area contributed by atoms with E-state index >= 15 is 0 Å². The van der Waals surface area contributed by atoms with Crippen molar-refractivity contribution in [1.82, 2.24) is 4.90 Å². The van der Waals surface area contributed by atoms with E-state index in [0.717, 1.165) is 22.6 Å². The molecule has 1 unspecified atom stereocenters. The fourth-order valence-corrected chi connectivity index (χ4v) is 3.47. The maximum Gasteiger partial charge on any atom is 0.203 e.